The van der Waals surface area contributed by atoms with Crippen molar-refractivity contribution < 1.29 is 24.2 Å². The molecule has 1 saturated heterocycles. The first kappa shape index (κ1) is 22.4. The molecule has 2 fully saturated rings. The van der Waals surface area contributed by atoms with Gasteiger partial charge >= 0.3 is 12.1 Å². The van der Waals surface area contributed by atoms with Gasteiger partial charge in [0.15, 0.2) is 0 Å². The molecule has 2 aromatic carbocycles. The maximum atomic E-state index is 13.2. The molecule has 0 radical (unpaired) electrons. The number of carbonyl (C=O) groups excluding carboxylic acids is 2. The Bertz CT molecular complexity index is 1080. The van der Waals surface area contributed by atoms with E-state index in [1.165, 1.54) is 0 Å². The smallest absolute Gasteiger partial charge is 0.407 e. The van der Waals surface area contributed by atoms with Crippen molar-refractivity contribution in [2.24, 2.45) is 11.3 Å². The van der Waals surface area contributed by atoms with Crippen LogP contribution in [0.4, 0.5) is 4.79 Å². The molecular weight excluding hydrogens is 432 g/mol. The molecule has 7 nitrogen and oxygen atoms in total. The topological polar surface area (TPSA) is 95.9 Å². The number of carboxylic acids is 1. The van der Waals surface area contributed by atoms with Gasteiger partial charge in [-0.05, 0) is 47.9 Å². The minimum atomic E-state index is -0.941. The largest absolute Gasteiger partial charge is 0.481 e. The first-order valence-electron chi connectivity index (χ1n) is 12.0. The van der Waals surface area contributed by atoms with Gasteiger partial charge in [0.2, 0.25) is 5.91 Å². The van der Waals surface area contributed by atoms with Crippen LogP contribution in [-0.4, -0.2) is 53.7 Å². The van der Waals surface area contributed by atoms with Gasteiger partial charge in [-0.25, -0.2) is 4.79 Å². The fourth-order valence-corrected chi connectivity index (χ4v) is 5.23. The summed E-state index contributed by atoms with van der Waals surface area (Å²) in [4.78, 5) is 39.2. The number of ether oxygens (including phenoxy) is 1. The Hall–Kier alpha value is -3.35. The zero-order chi connectivity index (χ0) is 23.9. The second-order valence-electron chi connectivity index (χ2n) is 10.1. The Morgan fingerprint density at radius 1 is 1.09 bits per heavy atom. The van der Waals surface area contributed by atoms with Crippen molar-refractivity contribution in [1.82, 2.24) is 10.2 Å². The van der Waals surface area contributed by atoms with Crippen LogP contribution in [0.25, 0.3) is 11.1 Å². The van der Waals surface area contributed by atoms with Gasteiger partial charge in [-0.3, -0.25) is 9.59 Å². The molecule has 7 heteroatoms. The molecule has 1 saturated carbocycles. The van der Waals surface area contributed by atoms with Gasteiger partial charge < -0.3 is 20.1 Å². The Labute approximate surface area is 199 Å². The summed E-state index contributed by atoms with van der Waals surface area (Å²) in [6.07, 6.45) is 2.45. The van der Waals surface area contributed by atoms with E-state index in [1.54, 1.807) is 11.8 Å². The lowest BCUT2D eigenvalue weighted by Gasteiger charge is -2.26. The van der Waals surface area contributed by atoms with Crippen LogP contribution in [0, 0.1) is 11.3 Å². The van der Waals surface area contributed by atoms with Crippen molar-refractivity contribution >= 4 is 18.0 Å². The third-order valence-corrected chi connectivity index (χ3v) is 7.50. The van der Waals surface area contributed by atoms with Crippen LogP contribution in [-0.2, 0) is 14.3 Å². The van der Waals surface area contributed by atoms with Crippen LogP contribution in [0.5, 0.6) is 0 Å². The summed E-state index contributed by atoms with van der Waals surface area (Å²) in [6, 6.07) is 15.6. The van der Waals surface area contributed by atoms with Gasteiger partial charge in [-0.15, -0.1) is 0 Å². The molecule has 0 aromatic heterocycles. The number of hydrogen-bond acceptors (Lipinski definition) is 4. The number of carboxylic acid groups (broad SMARTS) is 1. The number of rotatable bonds is 7. The highest BCUT2D eigenvalue weighted by Gasteiger charge is 2.44. The highest BCUT2D eigenvalue weighted by molar-refractivity contribution is 5.87. The second kappa shape index (κ2) is 8.78. The molecule has 0 spiro atoms. The SMILES string of the molecule is CC1(C(=O)O)CCN(C(=O)[C@H](CC2CC2)NC(=O)OCC2c3ccccc3-c3ccccc32)C1. The van der Waals surface area contributed by atoms with E-state index in [0.29, 0.717) is 25.3 Å². The van der Waals surface area contributed by atoms with Crippen LogP contribution in [0.2, 0.25) is 0 Å². The van der Waals surface area contributed by atoms with Crippen molar-refractivity contribution in [3.05, 3.63) is 59.7 Å². The van der Waals surface area contributed by atoms with Crippen LogP contribution >= 0.6 is 0 Å². The van der Waals surface area contributed by atoms with Crippen LogP contribution < -0.4 is 5.32 Å². The summed E-state index contributed by atoms with van der Waals surface area (Å²) in [6.45, 7) is 2.40. The Morgan fingerprint density at radius 3 is 2.26 bits per heavy atom. The molecule has 1 unspecified atom stereocenters. The number of nitrogens with one attached hydrogen (secondary N) is 1. The molecule has 2 amide bonds. The quantitative estimate of drug-likeness (QED) is 0.648. The van der Waals surface area contributed by atoms with Crippen molar-refractivity contribution in [2.75, 3.05) is 19.7 Å². The van der Waals surface area contributed by atoms with Crippen molar-refractivity contribution in [1.29, 1.82) is 0 Å². The summed E-state index contributed by atoms with van der Waals surface area (Å²) in [5.41, 5.74) is 3.64. The Balaban J connectivity index is 1.24. The number of carbonyl (C=O) groups is 3. The number of benzene rings is 2. The molecule has 0 bridgehead atoms. The molecule has 2 N–H and O–H groups in total. The number of alkyl carbamates (subject to hydrolysis) is 1. The highest BCUT2D eigenvalue weighted by atomic mass is 16.5. The van der Waals surface area contributed by atoms with Gasteiger partial charge in [0.05, 0.1) is 5.41 Å². The average Bonchev–Trinajstić information content (AvgIpc) is 3.47. The lowest BCUT2D eigenvalue weighted by molar-refractivity contribution is -0.147. The molecule has 178 valence electrons. The molecule has 34 heavy (non-hydrogen) atoms. The molecule has 1 aliphatic heterocycles. The van der Waals surface area contributed by atoms with Gasteiger partial charge in [-0.1, -0.05) is 61.4 Å². The molecule has 2 aliphatic carbocycles. The third kappa shape index (κ3) is 4.27. The van der Waals surface area contributed by atoms with E-state index < -0.39 is 23.5 Å². The van der Waals surface area contributed by atoms with E-state index in [-0.39, 0.29) is 25.0 Å². The molecule has 2 atom stereocenters. The summed E-state index contributed by atoms with van der Waals surface area (Å²) >= 11 is 0. The Morgan fingerprint density at radius 2 is 1.71 bits per heavy atom. The minimum absolute atomic E-state index is 0.0504. The van der Waals surface area contributed by atoms with Gasteiger partial charge in [0.1, 0.15) is 12.6 Å². The van der Waals surface area contributed by atoms with E-state index in [2.05, 4.69) is 29.6 Å². The molecule has 5 rings (SSSR count). The fraction of sp³-hybridized carbons (Fsp3) is 0.444. The maximum Gasteiger partial charge on any atom is 0.407 e. The number of hydrogen-bond donors (Lipinski definition) is 2. The lowest BCUT2D eigenvalue weighted by Crippen LogP contribution is -2.49. The molecule has 3 aliphatic rings. The van der Waals surface area contributed by atoms with Gasteiger partial charge in [-0.2, -0.15) is 0 Å². The number of likely N-dealkylation sites (tertiary alicyclic amines) is 1. The monoisotopic (exact) mass is 462 g/mol. The molecule has 2 aromatic rings. The lowest BCUT2D eigenvalue weighted by atomic mass is 9.90. The predicted octanol–water partition coefficient (Wildman–Crippen LogP) is 4.02. The standard InChI is InChI=1S/C27H30N2O5/c1-27(25(31)32)12-13-29(16-27)24(30)23(14-17-10-11-17)28-26(33)34-15-22-20-8-4-2-6-18(20)19-7-3-5-9-21(19)22/h2-9,17,22-23H,10-16H2,1H3,(H,28,33)(H,31,32)/t23-,27?/m0/s1. The van der Waals surface area contributed by atoms with E-state index in [1.807, 2.05) is 24.3 Å². The first-order chi connectivity index (χ1) is 16.4. The minimum Gasteiger partial charge on any atom is -0.481 e. The van der Waals surface area contributed by atoms with E-state index in [0.717, 1.165) is 35.1 Å². The van der Waals surface area contributed by atoms with Crippen molar-refractivity contribution in [3.63, 3.8) is 0 Å². The summed E-state index contributed by atoms with van der Waals surface area (Å²) < 4.78 is 5.65. The summed E-state index contributed by atoms with van der Waals surface area (Å²) in [7, 11) is 0. The number of nitrogens with zero attached hydrogens (tertiary/aromatic N) is 1. The van der Waals surface area contributed by atoms with E-state index in [4.69, 9.17) is 4.74 Å². The molecular formula is C27H30N2O5. The second-order valence-corrected chi connectivity index (χ2v) is 10.1. The number of aliphatic carboxylic acids is 1. The molecule has 1 heterocycles. The van der Waals surface area contributed by atoms with Gasteiger partial charge in [0.25, 0.3) is 0 Å². The van der Waals surface area contributed by atoms with Gasteiger partial charge in [0, 0.05) is 19.0 Å². The zero-order valence-corrected chi connectivity index (χ0v) is 19.3. The number of amides is 2. The normalized spacial score (nSPS) is 22.1. The first-order valence-corrected chi connectivity index (χ1v) is 12.0. The van der Waals surface area contributed by atoms with E-state index >= 15 is 0 Å². The van der Waals surface area contributed by atoms with Crippen LogP contribution in [0.3, 0.4) is 0 Å². The predicted molar refractivity (Wildman–Crippen MR) is 126 cm³/mol. The summed E-state index contributed by atoms with van der Waals surface area (Å²) in [5, 5.41) is 12.3. The van der Waals surface area contributed by atoms with Crippen molar-refractivity contribution in [2.45, 2.75) is 44.6 Å². The third-order valence-electron chi connectivity index (χ3n) is 7.50. The van der Waals surface area contributed by atoms with E-state index in [9.17, 15) is 19.5 Å². The average molecular weight is 463 g/mol. The van der Waals surface area contributed by atoms with Crippen molar-refractivity contribution in [3.8, 4) is 11.1 Å². The highest BCUT2D eigenvalue weighted by Crippen LogP contribution is 2.44. The number of fused-ring (bicyclic) bond motifs is 3. The maximum absolute atomic E-state index is 13.2. The van der Waals surface area contributed by atoms with Crippen LogP contribution in [0.1, 0.15) is 49.7 Å². The van der Waals surface area contributed by atoms with Crippen LogP contribution in [0.15, 0.2) is 48.5 Å². The zero-order valence-electron chi connectivity index (χ0n) is 19.3. The fourth-order valence-electron chi connectivity index (χ4n) is 5.23. The Kier molecular flexibility index (Phi) is 5.80. The summed E-state index contributed by atoms with van der Waals surface area (Å²) in [5.74, 6) is -0.752.